The van der Waals surface area contributed by atoms with Gasteiger partial charge in [0.15, 0.2) is 12.4 Å². The van der Waals surface area contributed by atoms with Crippen LogP contribution in [0.1, 0.15) is 25.3 Å². The predicted octanol–water partition coefficient (Wildman–Crippen LogP) is -0.579. The summed E-state index contributed by atoms with van der Waals surface area (Å²) in [6.07, 6.45) is 8.57. The first-order chi connectivity index (χ1) is 5.86. The molecule has 0 spiro atoms. The normalized spacial score (nSPS) is 9.00. The Labute approximate surface area is 86.5 Å². The summed E-state index contributed by atoms with van der Waals surface area (Å²) in [5.74, 6) is 0. The molecule has 72 valence electrons. The van der Waals surface area contributed by atoms with Crippen molar-refractivity contribution in [1.29, 1.82) is 0 Å². The van der Waals surface area contributed by atoms with E-state index in [0.717, 1.165) is 6.54 Å². The van der Waals surface area contributed by atoms with Crippen LogP contribution in [0.3, 0.4) is 0 Å². The third-order valence-corrected chi connectivity index (χ3v) is 1.92. The summed E-state index contributed by atoms with van der Waals surface area (Å²) in [6, 6.07) is 4.17. The van der Waals surface area contributed by atoms with Crippen molar-refractivity contribution in [3.8, 4) is 0 Å². The first kappa shape index (κ1) is 12.2. The molecule has 0 saturated carbocycles. The van der Waals surface area contributed by atoms with Crippen LogP contribution in [0, 0.1) is 0 Å². The number of nitrogens with zero attached hydrogens (tertiary/aromatic N) is 1. The van der Waals surface area contributed by atoms with E-state index in [9.17, 15) is 0 Å². The topological polar surface area (TPSA) is 3.88 Å². The minimum absolute atomic E-state index is 0. The fraction of sp³-hybridized carbons (Fsp3) is 0.364. The number of halogens is 1. The van der Waals surface area contributed by atoms with Gasteiger partial charge in [-0.2, -0.15) is 0 Å². The summed E-state index contributed by atoms with van der Waals surface area (Å²) >= 11 is 0. The number of aromatic nitrogens is 1. The van der Waals surface area contributed by atoms with Crippen molar-refractivity contribution in [2.24, 2.45) is 0 Å². The zero-order valence-corrected chi connectivity index (χ0v) is 8.80. The third-order valence-electron chi connectivity index (χ3n) is 1.92. The highest BCUT2D eigenvalue weighted by molar-refractivity contribution is 5.44. The van der Waals surface area contributed by atoms with Crippen LogP contribution in [0.15, 0.2) is 31.1 Å². The van der Waals surface area contributed by atoms with Crippen molar-refractivity contribution in [3.63, 3.8) is 0 Å². The Morgan fingerprint density at radius 2 is 2.00 bits per heavy atom. The first-order valence-corrected chi connectivity index (χ1v) is 4.48. The van der Waals surface area contributed by atoms with Gasteiger partial charge >= 0.3 is 0 Å². The molecule has 13 heavy (non-hydrogen) atoms. The van der Waals surface area contributed by atoms with Crippen LogP contribution in [0.25, 0.3) is 6.08 Å². The largest absolute Gasteiger partial charge is 1.00 e. The number of hydrogen-bond acceptors (Lipinski definition) is 0. The second-order valence-corrected chi connectivity index (χ2v) is 2.93. The maximum Gasteiger partial charge on any atom is 0.169 e. The van der Waals surface area contributed by atoms with Crippen molar-refractivity contribution in [3.05, 3.63) is 36.7 Å². The van der Waals surface area contributed by atoms with Crippen molar-refractivity contribution in [2.45, 2.75) is 26.3 Å². The highest BCUT2D eigenvalue weighted by atomic mass is 35.5. The molecule has 0 amide bonds. The van der Waals surface area contributed by atoms with Crippen LogP contribution in [-0.2, 0) is 6.54 Å². The number of hydrogen-bond donors (Lipinski definition) is 0. The molecular formula is C11H16ClN. The molecule has 0 N–H and O–H groups in total. The molecule has 0 saturated heterocycles. The summed E-state index contributed by atoms with van der Waals surface area (Å²) in [5.41, 5.74) is 1.18. The molecule has 0 aliphatic rings. The minimum atomic E-state index is 0. The van der Waals surface area contributed by atoms with Crippen LogP contribution < -0.4 is 17.0 Å². The van der Waals surface area contributed by atoms with E-state index in [0.29, 0.717) is 0 Å². The van der Waals surface area contributed by atoms with Gasteiger partial charge in [-0.3, -0.25) is 0 Å². The SMILES string of the molecule is C=Cc1cc[n+](CCCC)cc1.[Cl-]. The molecule has 0 aliphatic heterocycles. The van der Waals surface area contributed by atoms with E-state index in [4.69, 9.17) is 0 Å². The standard InChI is InChI=1S/C11H16N.ClH/c1-3-5-8-12-9-6-11(4-2)7-10-12;/h4,6-7,9-10H,2-3,5,8H2,1H3;1H/q+1;/p-1. The molecule has 1 aromatic rings. The van der Waals surface area contributed by atoms with Crippen molar-refractivity contribution < 1.29 is 17.0 Å². The molecule has 0 bridgehead atoms. The molecule has 0 radical (unpaired) electrons. The van der Waals surface area contributed by atoms with Gasteiger partial charge in [-0.15, -0.1) is 0 Å². The Bertz CT molecular complexity index is 241. The Morgan fingerprint density at radius 3 is 2.46 bits per heavy atom. The molecule has 0 unspecified atom stereocenters. The summed E-state index contributed by atoms with van der Waals surface area (Å²) in [7, 11) is 0. The molecule has 2 heteroatoms. The van der Waals surface area contributed by atoms with Gasteiger partial charge in [-0.1, -0.05) is 26.0 Å². The minimum Gasteiger partial charge on any atom is -1.00 e. The van der Waals surface area contributed by atoms with Crippen molar-refractivity contribution >= 4 is 6.08 Å². The molecule has 1 rings (SSSR count). The lowest BCUT2D eigenvalue weighted by Crippen LogP contribution is -3.00. The first-order valence-electron chi connectivity index (χ1n) is 4.48. The molecule has 1 heterocycles. The Kier molecular flexibility index (Phi) is 6.25. The summed E-state index contributed by atoms with van der Waals surface area (Å²) in [4.78, 5) is 0. The van der Waals surface area contributed by atoms with Gasteiger partial charge in [-0.25, -0.2) is 4.57 Å². The second kappa shape index (κ2) is 6.67. The smallest absolute Gasteiger partial charge is 0.169 e. The van der Waals surface area contributed by atoms with Crippen LogP contribution in [0.4, 0.5) is 0 Å². The van der Waals surface area contributed by atoms with Crippen LogP contribution in [-0.4, -0.2) is 0 Å². The molecule has 0 atom stereocenters. The lowest BCUT2D eigenvalue weighted by atomic mass is 10.2. The number of aryl methyl sites for hydroxylation is 1. The van der Waals surface area contributed by atoms with Crippen molar-refractivity contribution in [2.75, 3.05) is 0 Å². The average Bonchev–Trinajstić information content (AvgIpc) is 2.15. The van der Waals surface area contributed by atoms with E-state index in [1.807, 2.05) is 6.08 Å². The van der Waals surface area contributed by atoms with E-state index in [1.165, 1.54) is 18.4 Å². The van der Waals surface area contributed by atoms with Gasteiger partial charge < -0.3 is 12.4 Å². The lowest BCUT2D eigenvalue weighted by Gasteiger charge is -1.94. The summed E-state index contributed by atoms with van der Waals surface area (Å²) in [5, 5.41) is 0. The molecule has 1 nitrogen and oxygen atoms in total. The highest BCUT2D eigenvalue weighted by Crippen LogP contribution is 1.96. The van der Waals surface area contributed by atoms with Gasteiger partial charge in [0.1, 0.15) is 6.54 Å². The number of unbranched alkanes of at least 4 members (excludes halogenated alkanes) is 1. The average molecular weight is 198 g/mol. The molecule has 0 aliphatic carbocycles. The second-order valence-electron chi connectivity index (χ2n) is 2.93. The van der Waals surface area contributed by atoms with Gasteiger partial charge in [0.05, 0.1) is 0 Å². The van der Waals surface area contributed by atoms with E-state index in [1.54, 1.807) is 0 Å². The summed E-state index contributed by atoms with van der Waals surface area (Å²) < 4.78 is 2.20. The molecular weight excluding hydrogens is 182 g/mol. The van der Waals surface area contributed by atoms with Crippen molar-refractivity contribution in [1.82, 2.24) is 0 Å². The maximum absolute atomic E-state index is 3.71. The maximum atomic E-state index is 3.71. The predicted molar refractivity (Wildman–Crippen MR) is 51.6 cm³/mol. The Balaban J connectivity index is 0.00000144. The monoisotopic (exact) mass is 197 g/mol. The van der Waals surface area contributed by atoms with E-state index < -0.39 is 0 Å². The van der Waals surface area contributed by atoms with Crippen LogP contribution >= 0.6 is 0 Å². The van der Waals surface area contributed by atoms with Crippen LogP contribution in [0.5, 0.6) is 0 Å². The van der Waals surface area contributed by atoms with Gasteiger partial charge in [-0.05, 0) is 5.56 Å². The van der Waals surface area contributed by atoms with Crippen LogP contribution in [0.2, 0.25) is 0 Å². The Morgan fingerprint density at radius 1 is 1.38 bits per heavy atom. The Hall–Kier alpha value is -0.820. The zero-order valence-electron chi connectivity index (χ0n) is 8.04. The van der Waals surface area contributed by atoms with E-state index in [2.05, 4.69) is 42.6 Å². The fourth-order valence-corrected chi connectivity index (χ4v) is 1.09. The molecule has 1 aromatic heterocycles. The third kappa shape index (κ3) is 4.09. The van der Waals surface area contributed by atoms with Gasteiger partial charge in [0, 0.05) is 18.6 Å². The highest BCUT2D eigenvalue weighted by Gasteiger charge is 1.96. The van der Waals surface area contributed by atoms with Gasteiger partial charge in [0.2, 0.25) is 0 Å². The zero-order chi connectivity index (χ0) is 8.81. The molecule has 0 aromatic carbocycles. The number of pyridine rings is 1. The van der Waals surface area contributed by atoms with E-state index in [-0.39, 0.29) is 12.4 Å². The van der Waals surface area contributed by atoms with Gasteiger partial charge in [0.25, 0.3) is 0 Å². The molecule has 0 fully saturated rings. The summed E-state index contributed by atoms with van der Waals surface area (Å²) in [6.45, 7) is 7.04. The number of rotatable bonds is 4. The van der Waals surface area contributed by atoms with E-state index >= 15 is 0 Å². The lowest BCUT2D eigenvalue weighted by molar-refractivity contribution is -0.697. The fourth-order valence-electron chi connectivity index (χ4n) is 1.09. The quantitative estimate of drug-likeness (QED) is 0.569.